The molecule has 0 unspecified atom stereocenters. The normalized spacial score (nSPS) is 11.1. The van der Waals surface area contributed by atoms with Gasteiger partial charge in [0.2, 0.25) is 0 Å². The highest BCUT2D eigenvalue weighted by Gasteiger charge is 2.22. The molecule has 0 aliphatic heterocycles. The van der Waals surface area contributed by atoms with Gasteiger partial charge in [-0.3, -0.25) is 18.9 Å². The maximum absolute atomic E-state index is 12.8. The van der Waals surface area contributed by atoms with E-state index in [0.29, 0.717) is 17.8 Å². The molecule has 3 heterocycles. The zero-order chi connectivity index (χ0) is 19.7. The van der Waals surface area contributed by atoms with Gasteiger partial charge in [0.25, 0.3) is 5.56 Å². The molecule has 0 aliphatic rings. The van der Waals surface area contributed by atoms with E-state index in [2.05, 4.69) is 9.97 Å². The number of pyridine rings is 2. The molecule has 0 aromatic carbocycles. The van der Waals surface area contributed by atoms with E-state index >= 15 is 0 Å². The average Bonchev–Trinajstić information content (AvgIpc) is 2.68. The topological polar surface area (TPSA) is 96.1 Å². The summed E-state index contributed by atoms with van der Waals surface area (Å²) in [5.41, 5.74) is 0.265. The van der Waals surface area contributed by atoms with Crippen molar-refractivity contribution in [2.45, 2.75) is 20.4 Å². The first-order valence-corrected chi connectivity index (χ1v) is 8.48. The van der Waals surface area contributed by atoms with Crippen LogP contribution in [0.2, 0.25) is 0 Å². The Kier molecular flexibility index (Phi) is 4.89. The maximum atomic E-state index is 12.8. The Morgan fingerprint density at radius 3 is 2.63 bits per heavy atom. The van der Waals surface area contributed by atoms with Crippen LogP contribution in [-0.4, -0.2) is 32.2 Å². The Labute approximate surface area is 155 Å². The molecule has 0 bridgehead atoms. The number of rotatable bonds is 4. The van der Waals surface area contributed by atoms with Gasteiger partial charge in [-0.05, 0) is 24.1 Å². The molecular formula is C19H20N4O4. The summed E-state index contributed by atoms with van der Waals surface area (Å²) in [5, 5.41) is 0.0669. The van der Waals surface area contributed by atoms with Crippen LogP contribution in [0.3, 0.4) is 0 Å². The number of fused-ring (bicyclic) bond motifs is 1. The van der Waals surface area contributed by atoms with E-state index < -0.39 is 17.2 Å². The number of nitrogens with zero attached hydrogens (tertiary/aromatic N) is 4. The SMILES string of the molecule is COC(=O)c1cc(-c2cccnc2)nc2c1c(=O)n(C)c(=O)n2CC(C)C. The second-order valence-corrected chi connectivity index (χ2v) is 6.64. The van der Waals surface area contributed by atoms with Gasteiger partial charge >= 0.3 is 11.7 Å². The Bertz CT molecular complexity index is 1130. The van der Waals surface area contributed by atoms with Gasteiger partial charge in [0.05, 0.1) is 23.8 Å². The lowest BCUT2D eigenvalue weighted by molar-refractivity contribution is 0.0603. The molecule has 0 atom stereocenters. The van der Waals surface area contributed by atoms with Gasteiger partial charge in [-0.1, -0.05) is 13.8 Å². The second kappa shape index (κ2) is 7.14. The van der Waals surface area contributed by atoms with Crippen LogP contribution in [0.5, 0.6) is 0 Å². The molecule has 3 aromatic heterocycles. The molecular weight excluding hydrogens is 348 g/mol. The lowest BCUT2D eigenvalue weighted by Gasteiger charge is -2.16. The predicted octanol–water partition coefficient (Wildman–Crippen LogP) is 1.60. The summed E-state index contributed by atoms with van der Waals surface area (Å²) in [7, 11) is 2.63. The van der Waals surface area contributed by atoms with E-state index in [9.17, 15) is 14.4 Å². The number of carbonyl (C=O) groups is 1. The summed E-state index contributed by atoms with van der Waals surface area (Å²) in [6, 6.07) is 5.02. The van der Waals surface area contributed by atoms with Crippen molar-refractivity contribution in [3.8, 4) is 11.3 Å². The summed E-state index contributed by atoms with van der Waals surface area (Å²) in [4.78, 5) is 46.5. The first kappa shape index (κ1) is 18.5. The third-order valence-electron chi connectivity index (χ3n) is 4.20. The highest BCUT2D eigenvalue weighted by atomic mass is 16.5. The third kappa shape index (κ3) is 3.25. The Morgan fingerprint density at radius 2 is 2.04 bits per heavy atom. The fourth-order valence-electron chi connectivity index (χ4n) is 2.93. The van der Waals surface area contributed by atoms with Crippen LogP contribution < -0.4 is 11.2 Å². The number of hydrogen-bond acceptors (Lipinski definition) is 6. The van der Waals surface area contributed by atoms with Gasteiger partial charge in [-0.25, -0.2) is 14.6 Å². The standard InChI is InChI=1S/C19H20N4O4/c1-11(2)10-23-16-15(17(24)22(3)19(23)26)13(18(25)27-4)8-14(21-16)12-6-5-7-20-9-12/h5-9,11H,10H2,1-4H3. The molecule has 27 heavy (non-hydrogen) atoms. The molecule has 8 heteroatoms. The van der Waals surface area contributed by atoms with E-state index in [4.69, 9.17) is 4.74 Å². The highest BCUT2D eigenvalue weighted by molar-refractivity contribution is 6.03. The van der Waals surface area contributed by atoms with Crippen LogP contribution in [-0.2, 0) is 18.3 Å². The molecule has 0 radical (unpaired) electrons. The van der Waals surface area contributed by atoms with E-state index in [0.717, 1.165) is 4.57 Å². The average molecular weight is 368 g/mol. The van der Waals surface area contributed by atoms with Crippen molar-refractivity contribution in [1.82, 2.24) is 19.1 Å². The summed E-state index contributed by atoms with van der Waals surface area (Å²) in [5.74, 6) is -0.534. The quantitative estimate of drug-likeness (QED) is 0.649. The molecule has 8 nitrogen and oxygen atoms in total. The fourth-order valence-corrected chi connectivity index (χ4v) is 2.93. The van der Waals surface area contributed by atoms with Crippen LogP contribution in [0.4, 0.5) is 0 Å². The molecule has 0 amide bonds. The Balaban J connectivity index is 2.51. The molecule has 0 aliphatic carbocycles. The van der Waals surface area contributed by atoms with E-state index in [1.165, 1.54) is 24.8 Å². The van der Waals surface area contributed by atoms with E-state index in [-0.39, 0.29) is 22.5 Å². The second-order valence-electron chi connectivity index (χ2n) is 6.64. The number of ether oxygens (including phenoxy) is 1. The van der Waals surface area contributed by atoms with Crippen molar-refractivity contribution in [2.75, 3.05) is 7.11 Å². The minimum atomic E-state index is -0.667. The van der Waals surface area contributed by atoms with Crippen LogP contribution in [0.25, 0.3) is 22.3 Å². The predicted molar refractivity (Wildman–Crippen MR) is 101 cm³/mol. The largest absolute Gasteiger partial charge is 0.465 e. The first-order valence-electron chi connectivity index (χ1n) is 8.48. The Morgan fingerprint density at radius 1 is 1.30 bits per heavy atom. The van der Waals surface area contributed by atoms with Crippen LogP contribution >= 0.6 is 0 Å². The molecule has 0 N–H and O–H groups in total. The highest BCUT2D eigenvalue weighted by Crippen LogP contribution is 2.23. The van der Waals surface area contributed by atoms with Gasteiger partial charge in [-0.2, -0.15) is 0 Å². The first-order chi connectivity index (χ1) is 12.8. The lowest BCUT2D eigenvalue weighted by Crippen LogP contribution is -2.40. The molecule has 0 spiro atoms. The third-order valence-corrected chi connectivity index (χ3v) is 4.20. The van der Waals surface area contributed by atoms with Gasteiger partial charge < -0.3 is 4.74 Å². The zero-order valence-electron chi connectivity index (χ0n) is 15.6. The van der Waals surface area contributed by atoms with Crippen molar-refractivity contribution in [2.24, 2.45) is 13.0 Å². The number of carbonyl (C=O) groups excluding carboxylic acids is 1. The summed E-state index contributed by atoms with van der Waals surface area (Å²) in [6.45, 7) is 4.26. The van der Waals surface area contributed by atoms with Crippen molar-refractivity contribution in [1.29, 1.82) is 0 Å². The van der Waals surface area contributed by atoms with Crippen LogP contribution in [0, 0.1) is 5.92 Å². The molecule has 3 aromatic rings. The number of aromatic nitrogens is 4. The van der Waals surface area contributed by atoms with Gasteiger partial charge in [0.15, 0.2) is 5.65 Å². The zero-order valence-corrected chi connectivity index (χ0v) is 15.6. The summed E-state index contributed by atoms with van der Waals surface area (Å²) >= 11 is 0. The van der Waals surface area contributed by atoms with Crippen molar-refractivity contribution < 1.29 is 9.53 Å². The minimum Gasteiger partial charge on any atom is -0.465 e. The molecule has 0 saturated carbocycles. The lowest BCUT2D eigenvalue weighted by atomic mass is 10.1. The number of hydrogen-bond donors (Lipinski definition) is 0. The van der Waals surface area contributed by atoms with E-state index in [1.54, 1.807) is 24.5 Å². The molecule has 140 valence electrons. The number of esters is 1. The molecule has 3 rings (SSSR count). The monoisotopic (exact) mass is 368 g/mol. The van der Waals surface area contributed by atoms with Gasteiger partial charge in [0, 0.05) is 31.5 Å². The molecule has 0 saturated heterocycles. The number of methoxy groups -OCH3 is 1. The van der Waals surface area contributed by atoms with Crippen molar-refractivity contribution in [3.63, 3.8) is 0 Å². The van der Waals surface area contributed by atoms with Crippen LogP contribution in [0.15, 0.2) is 40.2 Å². The minimum absolute atomic E-state index is 0.0669. The Hall–Kier alpha value is -3.29. The van der Waals surface area contributed by atoms with Gasteiger partial charge in [0.1, 0.15) is 0 Å². The summed E-state index contributed by atoms with van der Waals surface area (Å²) < 4.78 is 7.28. The smallest absolute Gasteiger partial charge is 0.338 e. The van der Waals surface area contributed by atoms with E-state index in [1.807, 2.05) is 13.8 Å². The fraction of sp³-hybridized carbons (Fsp3) is 0.316. The van der Waals surface area contributed by atoms with Crippen LogP contribution in [0.1, 0.15) is 24.2 Å². The molecule has 0 fully saturated rings. The maximum Gasteiger partial charge on any atom is 0.338 e. The van der Waals surface area contributed by atoms with Gasteiger partial charge in [-0.15, -0.1) is 0 Å². The van der Waals surface area contributed by atoms with Crippen molar-refractivity contribution >= 4 is 17.0 Å². The van der Waals surface area contributed by atoms with Crippen molar-refractivity contribution in [3.05, 3.63) is 57.0 Å². The summed E-state index contributed by atoms with van der Waals surface area (Å²) in [6.07, 6.45) is 3.22.